The Balaban J connectivity index is 2.53. The Labute approximate surface area is 87.1 Å². The second kappa shape index (κ2) is 3.73. The maximum Gasteiger partial charge on any atom is 0.126 e. The van der Waals surface area contributed by atoms with Crippen molar-refractivity contribution in [1.29, 1.82) is 0 Å². The maximum absolute atomic E-state index is 13.3. The van der Waals surface area contributed by atoms with Gasteiger partial charge >= 0.3 is 0 Å². The summed E-state index contributed by atoms with van der Waals surface area (Å²) in [6.07, 6.45) is 2.39. The van der Waals surface area contributed by atoms with Crippen LogP contribution in [-0.4, -0.2) is 10.2 Å². The quantitative estimate of drug-likeness (QED) is 0.790. The first-order valence-corrected chi connectivity index (χ1v) is 4.79. The first-order chi connectivity index (χ1) is 7.20. The molecule has 0 radical (unpaired) electrons. The van der Waals surface area contributed by atoms with Crippen molar-refractivity contribution in [2.24, 2.45) is 0 Å². The van der Waals surface area contributed by atoms with E-state index in [0.29, 0.717) is 5.82 Å². The lowest BCUT2D eigenvalue weighted by Crippen LogP contribution is -1.90. The molecule has 3 N–H and O–H groups in total. The zero-order valence-corrected chi connectivity index (χ0v) is 8.42. The molecule has 0 atom stereocenters. The molecule has 2 rings (SSSR count). The molecule has 3 nitrogen and oxygen atoms in total. The molecule has 0 saturated heterocycles. The van der Waals surface area contributed by atoms with E-state index in [1.807, 2.05) is 13.0 Å². The van der Waals surface area contributed by atoms with Gasteiger partial charge in [0, 0.05) is 5.56 Å². The Morgan fingerprint density at radius 3 is 2.80 bits per heavy atom. The highest BCUT2D eigenvalue weighted by Gasteiger charge is 2.07. The molecule has 0 unspecified atom stereocenters. The number of aromatic amines is 1. The predicted molar refractivity (Wildman–Crippen MR) is 57.8 cm³/mol. The maximum atomic E-state index is 13.3. The van der Waals surface area contributed by atoms with E-state index < -0.39 is 0 Å². The number of anilines is 1. The summed E-state index contributed by atoms with van der Waals surface area (Å²) in [6.45, 7) is 1.98. The number of halogens is 1. The number of hydrogen-bond donors (Lipinski definition) is 2. The second-order valence-electron chi connectivity index (χ2n) is 3.40. The van der Waals surface area contributed by atoms with E-state index in [9.17, 15) is 4.39 Å². The first kappa shape index (κ1) is 9.71. The van der Waals surface area contributed by atoms with Crippen LogP contribution in [0.25, 0.3) is 11.1 Å². The average Bonchev–Trinajstić information content (AvgIpc) is 2.63. The molecule has 1 heterocycles. The number of benzene rings is 1. The van der Waals surface area contributed by atoms with Crippen molar-refractivity contribution in [3.05, 3.63) is 35.8 Å². The summed E-state index contributed by atoms with van der Waals surface area (Å²) in [5, 5.41) is 6.44. The van der Waals surface area contributed by atoms with Crippen molar-refractivity contribution in [3.8, 4) is 11.1 Å². The summed E-state index contributed by atoms with van der Waals surface area (Å²) in [6, 6.07) is 4.91. The molecule has 0 aliphatic heterocycles. The summed E-state index contributed by atoms with van der Waals surface area (Å²) < 4.78 is 13.3. The molecular weight excluding hydrogens is 193 g/mol. The number of aromatic nitrogens is 2. The van der Waals surface area contributed by atoms with Crippen LogP contribution in [-0.2, 0) is 6.42 Å². The van der Waals surface area contributed by atoms with Gasteiger partial charge in [0.1, 0.15) is 11.6 Å². The SMILES string of the molecule is CCc1cc(F)cc(-c2cn[nH]c2N)c1. The van der Waals surface area contributed by atoms with Crippen molar-refractivity contribution in [2.75, 3.05) is 5.73 Å². The molecule has 78 valence electrons. The van der Waals surface area contributed by atoms with E-state index in [1.165, 1.54) is 12.1 Å². The van der Waals surface area contributed by atoms with Crippen LogP contribution in [0.4, 0.5) is 10.2 Å². The number of aryl methyl sites for hydroxylation is 1. The Hall–Kier alpha value is -1.84. The molecule has 0 fully saturated rings. The molecule has 1 aromatic heterocycles. The normalized spacial score (nSPS) is 10.5. The van der Waals surface area contributed by atoms with Crippen molar-refractivity contribution < 1.29 is 4.39 Å². The van der Waals surface area contributed by atoms with E-state index in [1.54, 1.807) is 6.20 Å². The lowest BCUT2D eigenvalue weighted by molar-refractivity contribution is 0.626. The minimum Gasteiger partial charge on any atom is -0.384 e. The van der Waals surface area contributed by atoms with Gasteiger partial charge in [0.2, 0.25) is 0 Å². The topological polar surface area (TPSA) is 54.7 Å². The van der Waals surface area contributed by atoms with E-state index in [0.717, 1.165) is 23.1 Å². The summed E-state index contributed by atoms with van der Waals surface area (Å²) in [5.41, 5.74) is 8.13. The third kappa shape index (κ3) is 1.83. The van der Waals surface area contributed by atoms with Gasteiger partial charge in [0.15, 0.2) is 0 Å². The number of nitrogens with zero attached hydrogens (tertiary/aromatic N) is 1. The number of rotatable bonds is 2. The van der Waals surface area contributed by atoms with Gasteiger partial charge in [-0.3, -0.25) is 5.10 Å². The van der Waals surface area contributed by atoms with E-state index >= 15 is 0 Å². The fraction of sp³-hybridized carbons (Fsp3) is 0.182. The standard InChI is InChI=1S/C11H12FN3/c1-2-7-3-8(5-9(12)4-7)10-6-14-15-11(10)13/h3-6H,2H2,1H3,(H3,13,14,15). The average molecular weight is 205 g/mol. The van der Waals surface area contributed by atoms with Crippen molar-refractivity contribution in [1.82, 2.24) is 10.2 Å². The van der Waals surface area contributed by atoms with Gasteiger partial charge in [0.05, 0.1) is 6.20 Å². The Morgan fingerprint density at radius 1 is 1.40 bits per heavy atom. The largest absolute Gasteiger partial charge is 0.384 e. The highest BCUT2D eigenvalue weighted by Crippen LogP contribution is 2.25. The van der Waals surface area contributed by atoms with Gasteiger partial charge in [-0.05, 0) is 29.7 Å². The Morgan fingerprint density at radius 2 is 2.20 bits per heavy atom. The second-order valence-corrected chi connectivity index (χ2v) is 3.40. The highest BCUT2D eigenvalue weighted by atomic mass is 19.1. The van der Waals surface area contributed by atoms with Gasteiger partial charge in [-0.25, -0.2) is 4.39 Å². The summed E-state index contributed by atoms with van der Waals surface area (Å²) in [4.78, 5) is 0. The van der Waals surface area contributed by atoms with Crippen LogP contribution in [0.15, 0.2) is 24.4 Å². The molecule has 1 aromatic carbocycles. The fourth-order valence-corrected chi connectivity index (χ4v) is 1.54. The van der Waals surface area contributed by atoms with Crippen molar-refractivity contribution in [2.45, 2.75) is 13.3 Å². The molecule has 4 heteroatoms. The van der Waals surface area contributed by atoms with Gasteiger partial charge < -0.3 is 5.73 Å². The number of nitrogens with two attached hydrogens (primary N) is 1. The third-order valence-electron chi connectivity index (χ3n) is 2.35. The number of hydrogen-bond acceptors (Lipinski definition) is 2. The van der Waals surface area contributed by atoms with Crippen LogP contribution in [0.3, 0.4) is 0 Å². The molecule has 0 amide bonds. The van der Waals surface area contributed by atoms with Crippen LogP contribution in [0.5, 0.6) is 0 Å². The minimum absolute atomic E-state index is 0.245. The lowest BCUT2D eigenvalue weighted by Gasteiger charge is -2.03. The monoisotopic (exact) mass is 205 g/mol. The zero-order valence-electron chi connectivity index (χ0n) is 8.42. The van der Waals surface area contributed by atoms with Crippen LogP contribution in [0.1, 0.15) is 12.5 Å². The minimum atomic E-state index is -0.245. The van der Waals surface area contributed by atoms with Gasteiger partial charge in [0.25, 0.3) is 0 Å². The fourth-order valence-electron chi connectivity index (χ4n) is 1.54. The summed E-state index contributed by atoms with van der Waals surface area (Å²) in [7, 11) is 0. The number of H-pyrrole nitrogens is 1. The molecule has 15 heavy (non-hydrogen) atoms. The molecule has 0 saturated carbocycles. The van der Waals surface area contributed by atoms with Gasteiger partial charge in [-0.1, -0.05) is 13.0 Å². The number of nitrogen functional groups attached to an aromatic ring is 1. The van der Waals surface area contributed by atoms with Crippen LogP contribution in [0.2, 0.25) is 0 Å². The molecule has 0 spiro atoms. The van der Waals surface area contributed by atoms with E-state index in [2.05, 4.69) is 10.2 Å². The highest BCUT2D eigenvalue weighted by molar-refractivity contribution is 5.73. The molecule has 0 aliphatic rings. The molecule has 0 aliphatic carbocycles. The Kier molecular flexibility index (Phi) is 2.41. The van der Waals surface area contributed by atoms with Gasteiger partial charge in [-0.2, -0.15) is 5.10 Å². The molecule has 0 bridgehead atoms. The van der Waals surface area contributed by atoms with Crippen LogP contribution >= 0.6 is 0 Å². The lowest BCUT2D eigenvalue weighted by atomic mass is 10.0. The van der Waals surface area contributed by atoms with E-state index in [-0.39, 0.29) is 5.82 Å². The first-order valence-electron chi connectivity index (χ1n) is 4.79. The Bertz CT molecular complexity index is 476. The number of nitrogens with one attached hydrogen (secondary N) is 1. The molecule has 2 aromatic rings. The van der Waals surface area contributed by atoms with Crippen molar-refractivity contribution in [3.63, 3.8) is 0 Å². The van der Waals surface area contributed by atoms with Crippen LogP contribution < -0.4 is 5.73 Å². The predicted octanol–water partition coefficient (Wildman–Crippen LogP) is 2.36. The summed E-state index contributed by atoms with van der Waals surface area (Å²) in [5.74, 6) is 0.215. The molecular formula is C11H12FN3. The zero-order chi connectivity index (χ0) is 10.8. The van der Waals surface area contributed by atoms with E-state index in [4.69, 9.17) is 5.73 Å². The third-order valence-corrected chi connectivity index (χ3v) is 2.35. The smallest absolute Gasteiger partial charge is 0.126 e. The van der Waals surface area contributed by atoms with Crippen molar-refractivity contribution >= 4 is 5.82 Å². The van der Waals surface area contributed by atoms with Crippen LogP contribution in [0, 0.1) is 5.82 Å². The summed E-state index contributed by atoms with van der Waals surface area (Å²) >= 11 is 0. The van der Waals surface area contributed by atoms with Gasteiger partial charge in [-0.15, -0.1) is 0 Å².